The highest BCUT2D eigenvalue weighted by Crippen LogP contribution is 2.30. The lowest BCUT2D eigenvalue weighted by Gasteiger charge is -2.05. The number of hydrogen-bond acceptors (Lipinski definition) is 8. The molecule has 0 unspecified atom stereocenters. The third-order valence-corrected chi connectivity index (χ3v) is 5.05. The molecule has 0 aromatic carbocycles. The van der Waals surface area contributed by atoms with Crippen LogP contribution in [-0.4, -0.2) is 26.7 Å². The maximum atomic E-state index is 12.1. The number of ketones is 1. The minimum absolute atomic E-state index is 0.0401. The van der Waals surface area contributed by atoms with Crippen LogP contribution in [0.3, 0.4) is 0 Å². The zero-order valence-corrected chi connectivity index (χ0v) is 14.4. The topological polar surface area (TPSA) is 82.0 Å². The van der Waals surface area contributed by atoms with Crippen LogP contribution in [0.25, 0.3) is 22.9 Å². The summed E-state index contributed by atoms with van der Waals surface area (Å²) in [4.78, 5) is 17.4. The van der Waals surface area contributed by atoms with Crippen LogP contribution in [0.2, 0.25) is 0 Å². The van der Waals surface area contributed by atoms with Crippen molar-refractivity contribution in [1.29, 1.82) is 0 Å². The second-order valence-corrected chi connectivity index (χ2v) is 6.83. The molecule has 0 saturated carbocycles. The van der Waals surface area contributed by atoms with E-state index >= 15 is 0 Å². The first-order chi connectivity index (χ1) is 12.3. The number of carbonyl (C=O) groups excluding carboxylic acids is 1. The third-order valence-electron chi connectivity index (χ3n) is 3.30. The summed E-state index contributed by atoms with van der Waals surface area (Å²) in [6.45, 7) is 0. The van der Waals surface area contributed by atoms with Crippen molar-refractivity contribution in [1.82, 2.24) is 15.2 Å². The SMILES string of the molecule is O=C(CSc1nnc(-c2ccco2)c(-c2ccco2)n1)c1cccs1. The van der Waals surface area contributed by atoms with Crippen LogP contribution in [0.15, 0.2) is 68.3 Å². The summed E-state index contributed by atoms with van der Waals surface area (Å²) in [6.07, 6.45) is 3.13. The molecule has 0 N–H and O–H groups in total. The molecule has 0 atom stereocenters. The van der Waals surface area contributed by atoms with Gasteiger partial charge in [-0.1, -0.05) is 17.8 Å². The zero-order valence-electron chi connectivity index (χ0n) is 12.8. The molecule has 0 aliphatic rings. The lowest BCUT2D eigenvalue weighted by molar-refractivity contribution is 0.102. The van der Waals surface area contributed by atoms with Gasteiger partial charge in [-0.05, 0) is 35.7 Å². The van der Waals surface area contributed by atoms with Crippen molar-refractivity contribution < 1.29 is 13.6 Å². The number of nitrogens with zero attached hydrogens (tertiary/aromatic N) is 3. The lowest BCUT2D eigenvalue weighted by atomic mass is 10.2. The van der Waals surface area contributed by atoms with E-state index in [4.69, 9.17) is 8.83 Å². The maximum absolute atomic E-state index is 12.1. The van der Waals surface area contributed by atoms with Gasteiger partial charge in [-0.2, -0.15) is 0 Å². The standard InChI is InChI=1S/C17H11N3O3S2/c21-11(14-6-3-9-24-14)10-25-17-18-15(12-4-1-7-22-12)16(19-20-17)13-5-2-8-23-13/h1-9H,10H2. The van der Waals surface area contributed by atoms with Crippen molar-refractivity contribution >= 4 is 28.9 Å². The van der Waals surface area contributed by atoms with Gasteiger partial charge in [0.2, 0.25) is 5.16 Å². The fourth-order valence-electron chi connectivity index (χ4n) is 2.18. The Labute approximate surface area is 150 Å². The number of thiophene rings is 1. The van der Waals surface area contributed by atoms with Crippen molar-refractivity contribution in [3.8, 4) is 22.9 Å². The summed E-state index contributed by atoms with van der Waals surface area (Å²) in [7, 11) is 0. The molecule has 6 nitrogen and oxygen atoms in total. The molecule has 4 aromatic heterocycles. The normalized spacial score (nSPS) is 10.9. The van der Waals surface area contributed by atoms with Crippen molar-refractivity contribution in [3.05, 3.63) is 59.2 Å². The number of thioether (sulfide) groups is 1. The van der Waals surface area contributed by atoms with Crippen LogP contribution in [0.4, 0.5) is 0 Å². The van der Waals surface area contributed by atoms with Crippen molar-refractivity contribution in [2.75, 3.05) is 5.75 Å². The highest BCUT2D eigenvalue weighted by molar-refractivity contribution is 7.99. The average Bonchev–Trinajstić information content (AvgIpc) is 3.42. The van der Waals surface area contributed by atoms with Gasteiger partial charge in [0.15, 0.2) is 23.0 Å². The van der Waals surface area contributed by atoms with Gasteiger partial charge in [-0.25, -0.2) is 4.98 Å². The van der Waals surface area contributed by atoms with Crippen LogP contribution >= 0.6 is 23.1 Å². The molecule has 0 aliphatic carbocycles. The molecule has 0 radical (unpaired) electrons. The molecule has 0 aliphatic heterocycles. The van der Waals surface area contributed by atoms with Crippen LogP contribution in [0.5, 0.6) is 0 Å². The van der Waals surface area contributed by atoms with E-state index in [9.17, 15) is 4.79 Å². The van der Waals surface area contributed by atoms with Gasteiger partial charge in [-0.15, -0.1) is 21.5 Å². The van der Waals surface area contributed by atoms with E-state index in [0.717, 1.165) is 4.88 Å². The molecule has 0 amide bonds. The summed E-state index contributed by atoms with van der Waals surface area (Å²) < 4.78 is 10.9. The second-order valence-electron chi connectivity index (χ2n) is 4.94. The molecule has 4 aromatic rings. The third kappa shape index (κ3) is 3.40. The second kappa shape index (κ2) is 7.04. The molecule has 0 saturated heterocycles. The van der Waals surface area contributed by atoms with Gasteiger partial charge < -0.3 is 8.83 Å². The number of carbonyl (C=O) groups is 1. The van der Waals surface area contributed by atoms with Gasteiger partial charge in [0, 0.05) is 0 Å². The molecule has 124 valence electrons. The summed E-state index contributed by atoms with van der Waals surface area (Å²) in [6, 6.07) is 10.8. The quantitative estimate of drug-likeness (QED) is 0.367. The predicted octanol–water partition coefficient (Wildman–Crippen LogP) is 4.43. The average molecular weight is 369 g/mol. The summed E-state index contributed by atoms with van der Waals surface area (Å²) in [5.41, 5.74) is 1.02. The van der Waals surface area contributed by atoms with Gasteiger partial charge in [0.1, 0.15) is 5.69 Å². The molecular weight excluding hydrogens is 358 g/mol. The maximum Gasteiger partial charge on any atom is 0.210 e. The Morgan fingerprint density at radius 3 is 2.40 bits per heavy atom. The van der Waals surface area contributed by atoms with Crippen molar-refractivity contribution in [2.45, 2.75) is 5.16 Å². The number of hydrogen-bond donors (Lipinski definition) is 0. The van der Waals surface area contributed by atoms with E-state index < -0.39 is 0 Å². The first-order valence-electron chi connectivity index (χ1n) is 7.33. The lowest BCUT2D eigenvalue weighted by Crippen LogP contribution is -2.03. The van der Waals surface area contributed by atoms with E-state index in [2.05, 4.69) is 15.2 Å². The summed E-state index contributed by atoms with van der Waals surface area (Å²) in [5, 5.41) is 10.6. The Balaban J connectivity index is 1.62. The Hall–Kier alpha value is -2.71. The predicted molar refractivity (Wildman–Crippen MR) is 94.6 cm³/mol. The highest BCUT2D eigenvalue weighted by Gasteiger charge is 2.18. The minimum atomic E-state index is 0.0401. The number of furan rings is 2. The van der Waals surface area contributed by atoms with Gasteiger partial charge >= 0.3 is 0 Å². The monoisotopic (exact) mass is 369 g/mol. The van der Waals surface area contributed by atoms with E-state index in [1.807, 2.05) is 11.4 Å². The molecule has 0 spiro atoms. The Morgan fingerprint density at radius 1 is 1.00 bits per heavy atom. The molecule has 4 heterocycles. The van der Waals surface area contributed by atoms with Crippen LogP contribution < -0.4 is 0 Å². The molecular formula is C17H11N3O3S2. The van der Waals surface area contributed by atoms with E-state index in [0.29, 0.717) is 28.1 Å². The Morgan fingerprint density at radius 2 is 1.76 bits per heavy atom. The first kappa shape index (κ1) is 15.8. The zero-order chi connectivity index (χ0) is 17.1. The van der Waals surface area contributed by atoms with Gasteiger partial charge in [-0.3, -0.25) is 4.79 Å². The number of Topliss-reactive ketones (excluding diaryl/α,β-unsaturated/α-hetero) is 1. The molecule has 8 heteroatoms. The smallest absolute Gasteiger partial charge is 0.210 e. The Kier molecular flexibility index (Phi) is 4.45. The van der Waals surface area contributed by atoms with E-state index in [1.54, 1.807) is 42.9 Å². The van der Waals surface area contributed by atoms with E-state index in [1.165, 1.54) is 23.1 Å². The van der Waals surface area contributed by atoms with Crippen molar-refractivity contribution in [2.24, 2.45) is 0 Å². The molecule has 25 heavy (non-hydrogen) atoms. The fourth-order valence-corrected chi connectivity index (χ4v) is 3.60. The number of rotatable bonds is 6. The number of aromatic nitrogens is 3. The Bertz CT molecular complexity index is 965. The minimum Gasteiger partial charge on any atom is -0.463 e. The summed E-state index contributed by atoms with van der Waals surface area (Å²) >= 11 is 2.67. The van der Waals surface area contributed by atoms with E-state index in [-0.39, 0.29) is 11.5 Å². The largest absolute Gasteiger partial charge is 0.463 e. The van der Waals surface area contributed by atoms with Crippen LogP contribution in [0.1, 0.15) is 9.67 Å². The summed E-state index contributed by atoms with van der Waals surface area (Å²) in [5.74, 6) is 1.41. The molecule has 0 bridgehead atoms. The first-order valence-corrected chi connectivity index (χ1v) is 9.20. The van der Waals surface area contributed by atoms with Crippen LogP contribution in [0, 0.1) is 0 Å². The van der Waals surface area contributed by atoms with Gasteiger partial charge in [0.05, 0.1) is 23.2 Å². The highest BCUT2D eigenvalue weighted by atomic mass is 32.2. The van der Waals surface area contributed by atoms with Crippen LogP contribution in [-0.2, 0) is 0 Å². The molecule has 4 rings (SSSR count). The van der Waals surface area contributed by atoms with Gasteiger partial charge in [0.25, 0.3) is 0 Å². The fraction of sp³-hybridized carbons (Fsp3) is 0.0588. The molecule has 0 fully saturated rings. The van der Waals surface area contributed by atoms with Crippen molar-refractivity contribution in [3.63, 3.8) is 0 Å².